The molecular formula is C15H19N3O2. The third-order valence-electron chi connectivity index (χ3n) is 3.29. The first-order valence-electron chi connectivity index (χ1n) is 6.94. The number of carbonyl (C=O) groups is 1. The van der Waals surface area contributed by atoms with Gasteiger partial charge in [-0.25, -0.2) is 4.63 Å². The van der Waals surface area contributed by atoms with Crippen molar-refractivity contribution in [3.8, 4) is 11.3 Å². The van der Waals surface area contributed by atoms with Crippen LogP contribution in [0.4, 0.5) is 5.82 Å². The molecule has 0 aliphatic rings. The van der Waals surface area contributed by atoms with Crippen LogP contribution in [0.1, 0.15) is 38.3 Å². The van der Waals surface area contributed by atoms with Gasteiger partial charge in [-0.1, -0.05) is 32.9 Å². The predicted molar refractivity (Wildman–Crippen MR) is 77.4 cm³/mol. The van der Waals surface area contributed by atoms with Gasteiger partial charge in [0.15, 0.2) is 5.69 Å². The Balaban J connectivity index is 2.45. The number of amides is 1. The van der Waals surface area contributed by atoms with Crippen molar-refractivity contribution in [1.82, 2.24) is 10.3 Å². The quantitative estimate of drug-likeness (QED) is 0.908. The van der Waals surface area contributed by atoms with E-state index in [-0.39, 0.29) is 5.91 Å². The number of aromatic nitrogens is 2. The number of benzene rings is 1. The Kier molecular flexibility index (Phi) is 4.50. The van der Waals surface area contributed by atoms with E-state index in [9.17, 15) is 4.79 Å². The largest absolute Gasteiger partial charge is 0.306 e. The summed E-state index contributed by atoms with van der Waals surface area (Å²) in [4.78, 5) is 11.5. The Labute approximate surface area is 118 Å². The number of anilines is 1. The fraction of sp³-hybridized carbons (Fsp3) is 0.400. The summed E-state index contributed by atoms with van der Waals surface area (Å²) < 4.78 is 4.80. The van der Waals surface area contributed by atoms with Gasteiger partial charge in [0, 0.05) is 12.0 Å². The van der Waals surface area contributed by atoms with Gasteiger partial charge in [0.1, 0.15) is 0 Å². The minimum Gasteiger partial charge on any atom is -0.306 e. The van der Waals surface area contributed by atoms with Crippen molar-refractivity contribution in [2.75, 3.05) is 5.32 Å². The molecule has 5 heteroatoms. The Morgan fingerprint density at radius 3 is 2.65 bits per heavy atom. The van der Waals surface area contributed by atoms with Crippen LogP contribution in [0.2, 0.25) is 0 Å². The molecule has 0 aliphatic heterocycles. The van der Waals surface area contributed by atoms with Crippen molar-refractivity contribution in [3.63, 3.8) is 0 Å². The highest BCUT2D eigenvalue weighted by molar-refractivity contribution is 5.93. The van der Waals surface area contributed by atoms with Gasteiger partial charge in [-0.15, -0.1) is 0 Å². The van der Waals surface area contributed by atoms with E-state index in [1.807, 2.05) is 0 Å². The van der Waals surface area contributed by atoms with Crippen LogP contribution in [0.3, 0.4) is 0 Å². The zero-order valence-electron chi connectivity index (χ0n) is 12.1. The molecule has 0 fully saturated rings. The highest BCUT2D eigenvalue weighted by atomic mass is 16.6. The molecular weight excluding hydrogens is 254 g/mol. The van der Waals surface area contributed by atoms with E-state index in [0.29, 0.717) is 17.9 Å². The monoisotopic (exact) mass is 273 g/mol. The zero-order chi connectivity index (χ0) is 14.5. The van der Waals surface area contributed by atoms with E-state index in [4.69, 9.17) is 4.63 Å². The molecule has 1 heterocycles. The number of aryl methyl sites for hydroxylation is 2. The van der Waals surface area contributed by atoms with Crippen molar-refractivity contribution in [3.05, 3.63) is 29.3 Å². The van der Waals surface area contributed by atoms with Crippen LogP contribution in [0.25, 0.3) is 11.3 Å². The van der Waals surface area contributed by atoms with Crippen LogP contribution in [-0.4, -0.2) is 16.2 Å². The number of rotatable bonds is 5. The fourth-order valence-electron chi connectivity index (χ4n) is 2.04. The van der Waals surface area contributed by atoms with Gasteiger partial charge in [0.25, 0.3) is 0 Å². The smallest absolute Gasteiger partial charge is 0.225 e. The first-order valence-corrected chi connectivity index (χ1v) is 6.94. The maximum atomic E-state index is 11.5. The van der Waals surface area contributed by atoms with Crippen molar-refractivity contribution in [1.29, 1.82) is 0 Å². The fourth-order valence-corrected chi connectivity index (χ4v) is 2.04. The standard InChI is InChI=1S/C15H19N3O2/c1-4-10-7-8-11(5-2)12(9-10)14-15(18-20-17-14)16-13(19)6-3/h7-9H,4-6H2,1-3H3,(H,16,18,19). The second-order valence-electron chi connectivity index (χ2n) is 4.56. The van der Waals surface area contributed by atoms with Crippen molar-refractivity contribution in [2.45, 2.75) is 40.0 Å². The minimum atomic E-state index is -0.105. The summed E-state index contributed by atoms with van der Waals surface area (Å²) in [7, 11) is 0. The van der Waals surface area contributed by atoms with E-state index in [1.54, 1.807) is 6.92 Å². The van der Waals surface area contributed by atoms with Crippen LogP contribution in [0.15, 0.2) is 22.8 Å². The summed E-state index contributed by atoms with van der Waals surface area (Å²) in [5.41, 5.74) is 3.94. The van der Waals surface area contributed by atoms with Crippen LogP contribution in [-0.2, 0) is 17.6 Å². The molecule has 0 saturated heterocycles. The molecule has 20 heavy (non-hydrogen) atoms. The maximum Gasteiger partial charge on any atom is 0.225 e. The molecule has 0 radical (unpaired) electrons. The predicted octanol–water partition coefficient (Wildman–Crippen LogP) is 3.21. The summed E-state index contributed by atoms with van der Waals surface area (Å²) in [5.74, 6) is 0.284. The molecule has 2 rings (SSSR count). The molecule has 0 unspecified atom stereocenters. The number of hydrogen-bond donors (Lipinski definition) is 1. The molecule has 0 spiro atoms. The molecule has 0 saturated carbocycles. The summed E-state index contributed by atoms with van der Waals surface area (Å²) in [6.07, 6.45) is 2.22. The zero-order valence-corrected chi connectivity index (χ0v) is 12.1. The molecule has 1 amide bonds. The normalized spacial score (nSPS) is 10.6. The summed E-state index contributed by atoms with van der Waals surface area (Å²) in [6.45, 7) is 5.98. The lowest BCUT2D eigenvalue weighted by Gasteiger charge is -2.08. The Morgan fingerprint density at radius 2 is 2.00 bits per heavy atom. The molecule has 1 aromatic heterocycles. The van der Waals surface area contributed by atoms with Crippen molar-refractivity contribution >= 4 is 11.7 Å². The average molecular weight is 273 g/mol. The van der Waals surface area contributed by atoms with E-state index in [0.717, 1.165) is 24.0 Å². The molecule has 1 N–H and O–H groups in total. The number of hydrogen-bond acceptors (Lipinski definition) is 4. The second-order valence-corrected chi connectivity index (χ2v) is 4.56. The maximum absolute atomic E-state index is 11.5. The number of nitrogens with one attached hydrogen (secondary N) is 1. The molecule has 5 nitrogen and oxygen atoms in total. The average Bonchev–Trinajstić information content (AvgIpc) is 2.94. The lowest BCUT2D eigenvalue weighted by atomic mass is 9.98. The van der Waals surface area contributed by atoms with Crippen molar-refractivity contribution in [2.24, 2.45) is 0 Å². The van der Waals surface area contributed by atoms with Gasteiger partial charge in [0.05, 0.1) is 0 Å². The van der Waals surface area contributed by atoms with E-state index in [1.165, 1.54) is 5.56 Å². The summed E-state index contributed by atoms with van der Waals surface area (Å²) in [6, 6.07) is 6.29. The molecule has 2 aromatic rings. The lowest BCUT2D eigenvalue weighted by Crippen LogP contribution is -2.10. The van der Waals surface area contributed by atoms with Crippen molar-refractivity contribution < 1.29 is 9.42 Å². The second kappa shape index (κ2) is 6.32. The Morgan fingerprint density at radius 1 is 1.20 bits per heavy atom. The SMILES string of the molecule is CCC(=O)Nc1nonc1-c1cc(CC)ccc1CC. The van der Waals surface area contributed by atoms with Gasteiger partial charge >= 0.3 is 0 Å². The topological polar surface area (TPSA) is 68.0 Å². The first-order chi connectivity index (χ1) is 9.69. The molecule has 106 valence electrons. The third-order valence-corrected chi connectivity index (χ3v) is 3.29. The van der Waals surface area contributed by atoms with Gasteiger partial charge in [-0.2, -0.15) is 0 Å². The highest BCUT2D eigenvalue weighted by Crippen LogP contribution is 2.29. The molecule has 0 atom stereocenters. The van der Waals surface area contributed by atoms with Gasteiger partial charge in [0.2, 0.25) is 11.7 Å². The highest BCUT2D eigenvalue weighted by Gasteiger charge is 2.17. The van der Waals surface area contributed by atoms with Crippen LogP contribution in [0, 0.1) is 0 Å². The summed E-state index contributed by atoms with van der Waals surface area (Å²) in [5, 5.41) is 10.5. The molecule has 0 aliphatic carbocycles. The number of carbonyl (C=O) groups excluding carboxylic acids is 1. The van der Waals surface area contributed by atoms with Gasteiger partial charge < -0.3 is 5.32 Å². The van der Waals surface area contributed by atoms with E-state index < -0.39 is 0 Å². The number of nitrogens with zero attached hydrogens (tertiary/aromatic N) is 2. The van der Waals surface area contributed by atoms with E-state index >= 15 is 0 Å². The Bertz CT molecular complexity index is 605. The van der Waals surface area contributed by atoms with Gasteiger partial charge in [-0.3, -0.25) is 4.79 Å². The third kappa shape index (κ3) is 2.87. The lowest BCUT2D eigenvalue weighted by molar-refractivity contribution is -0.115. The minimum absolute atomic E-state index is 0.105. The molecule has 0 bridgehead atoms. The van der Waals surface area contributed by atoms with Crippen LogP contribution in [0.5, 0.6) is 0 Å². The summed E-state index contributed by atoms with van der Waals surface area (Å²) >= 11 is 0. The molecule has 1 aromatic carbocycles. The van der Waals surface area contributed by atoms with Gasteiger partial charge in [-0.05, 0) is 40.3 Å². The van der Waals surface area contributed by atoms with Crippen LogP contribution >= 0.6 is 0 Å². The van der Waals surface area contributed by atoms with Crippen LogP contribution < -0.4 is 5.32 Å². The first kappa shape index (κ1) is 14.2. The van der Waals surface area contributed by atoms with E-state index in [2.05, 4.69) is 47.7 Å². The Hall–Kier alpha value is -2.17.